The monoisotopic (exact) mass is 326 g/mol. The minimum atomic E-state index is -0.916. The zero-order chi connectivity index (χ0) is 14.0. The van der Waals surface area contributed by atoms with Crippen LogP contribution in [0.2, 0.25) is 0 Å². The second kappa shape index (κ2) is 5.36. The van der Waals surface area contributed by atoms with Gasteiger partial charge >= 0.3 is 0 Å². The van der Waals surface area contributed by atoms with E-state index in [4.69, 9.17) is 5.73 Å². The third-order valence-electron chi connectivity index (χ3n) is 2.41. The Bertz CT molecular complexity index is 623. The number of amides is 1. The molecule has 0 fully saturated rings. The van der Waals surface area contributed by atoms with E-state index in [0.717, 1.165) is 6.07 Å². The van der Waals surface area contributed by atoms with Gasteiger partial charge in [-0.05, 0) is 24.3 Å². The molecule has 19 heavy (non-hydrogen) atoms. The Morgan fingerprint density at radius 2 is 1.95 bits per heavy atom. The lowest BCUT2D eigenvalue weighted by Gasteiger charge is -2.09. The number of rotatable bonds is 2. The van der Waals surface area contributed by atoms with Gasteiger partial charge in [0.05, 0.1) is 5.69 Å². The summed E-state index contributed by atoms with van der Waals surface area (Å²) in [4.78, 5) is 11.9. The third-order valence-corrected chi connectivity index (χ3v) is 2.90. The van der Waals surface area contributed by atoms with Crippen molar-refractivity contribution >= 4 is 33.2 Å². The number of halogens is 3. The SMILES string of the molecule is Nc1cc(F)cc(F)c1NC(=O)c1cccc(Br)c1. The molecule has 3 nitrogen and oxygen atoms in total. The number of hydrogen-bond donors (Lipinski definition) is 2. The quantitative estimate of drug-likeness (QED) is 0.829. The molecule has 0 unspecified atom stereocenters. The Morgan fingerprint density at radius 3 is 2.58 bits per heavy atom. The summed E-state index contributed by atoms with van der Waals surface area (Å²) in [6, 6.07) is 8.17. The van der Waals surface area contributed by atoms with Crippen LogP contribution >= 0.6 is 15.9 Å². The molecule has 0 aliphatic carbocycles. The van der Waals surface area contributed by atoms with Crippen LogP contribution in [0.4, 0.5) is 20.2 Å². The molecule has 2 rings (SSSR count). The summed E-state index contributed by atoms with van der Waals surface area (Å²) in [6.07, 6.45) is 0. The summed E-state index contributed by atoms with van der Waals surface area (Å²) in [5.74, 6) is -2.24. The van der Waals surface area contributed by atoms with Crippen LogP contribution < -0.4 is 11.1 Å². The molecule has 98 valence electrons. The molecule has 1 amide bonds. The van der Waals surface area contributed by atoms with Crippen molar-refractivity contribution in [2.45, 2.75) is 0 Å². The van der Waals surface area contributed by atoms with Gasteiger partial charge in [-0.3, -0.25) is 4.79 Å². The first-order chi connectivity index (χ1) is 8.97. The van der Waals surface area contributed by atoms with E-state index in [-0.39, 0.29) is 11.4 Å². The first-order valence-corrected chi connectivity index (χ1v) is 6.08. The Morgan fingerprint density at radius 1 is 1.21 bits per heavy atom. The van der Waals surface area contributed by atoms with E-state index >= 15 is 0 Å². The van der Waals surface area contributed by atoms with E-state index in [9.17, 15) is 13.6 Å². The number of nitrogens with one attached hydrogen (secondary N) is 1. The van der Waals surface area contributed by atoms with E-state index in [2.05, 4.69) is 21.2 Å². The van der Waals surface area contributed by atoms with Crippen LogP contribution in [0, 0.1) is 11.6 Å². The Balaban J connectivity index is 2.29. The van der Waals surface area contributed by atoms with Crippen LogP contribution in [0.15, 0.2) is 40.9 Å². The molecule has 0 aliphatic rings. The molecule has 0 aromatic heterocycles. The summed E-state index contributed by atoms with van der Waals surface area (Å²) in [5.41, 5.74) is 5.41. The number of anilines is 2. The standard InChI is InChI=1S/C13H9BrF2N2O/c14-8-3-1-2-7(4-8)13(19)18-12-10(16)5-9(15)6-11(12)17/h1-6H,17H2,(H,18,19). The second-order valence-corrected chi connectivity index (χ2v) is 4.73. The summed E-state index contributed by atoms with van der Waals surface area (Å²) >= 11 is 3.23. The van der Waals surface area contributed by atoms with Gasteiger partial charge in [0.1, 0.15) is 11.5 Å². The van der Waals surface area contributed by atoms with Crippen molar-refractivity contribution in [2.24, 2.45) is 0 Å². The van der Waals surface area contributed by atoms with Gasteiger partial charge in [-0.2, -0.15) is 0 Å². The smallest absolute Gasteiger partial charge is 0.255 e. The maximum Gasteiger partial charge on any atom is 0.255 e. The maximum absolute atomic E-state index is 13.5. The number of nitrogens with two attached hydrogens (primary N) is 1. The normalized spacial score (nSPS) is 10.3. The van der Waals surface area contributed by atoms with E-state index in [0.29, 0.717) is 16.1 Å². The lowest BCUT2D eigenvalue weighted by Crippen LogP contribution is -2.14. The molecule has 0 spiro atoms. The number of carbonyl (C=O) groups excluding carboxylic acids is 1. The number of hydrogen-bond acceptors (Lipinski definition) is 2. The van der Waals surface area contributed by atoms with Crippen LogP contribution in [-0.2, 0) is 0 Å². The number of nitrogen functional groups attached to an aromatic ring is 1. The molecular formula is C13H9BrF2N2O. The van der Waals surface area contributed by atoms with Crippen molar-refractivity contribution in [1.82, 2.24) is 0 Å². The van der Waals surface area contributed by atoms with Crippen molar-refractivity contribution in [3.05, 3.63) is 58.1 Å². The van der Waals surface area contributed by atoms with Crippen molar-refractivity contribution in [3.63, 3.8) is 0 Å². The van der Waals surface area contributed by atoms with Crippen LogP contribution in [0.25, 0.3) is 0 Å². The van der Waals surface area contributed by atoms with Gasteiger partial charge in [0.2, 0.25) is 0 Å². The summed E-state index contributed by atoms with van der Waals surface area (Å²) in [7, 11) is 0. The van der Waals surface area contributed by atoms with Gasteiger partial charge in [-0.25, -0.2) is 8.78 Å². The predicted octanol–water partition coefficient (Wildman–Crippen LogP) is 3.56. The van der Waals surface area contributed by atoms with Crippen molar-refractivity contribution in [1.29, 1.82) is 0 Å². The molecule has 0 aliphatic heterocycles. The van der Waals surface area contributed by atoms with Gasteiger partial charge in [0.15, 0.2) is 5.82 Å². The average Bonchev–Trinajstić information content (AvgIpc) is 2.33. The summed E-state index contributed by atoms with van der Waals surface area (Å²) in [5, 5.41) is 2.32. The molecule has 0 bridgehead atoms. The van der Waals surface area contributed by atoms with Gasteiger partial charge in [-0.15, -0.1) is 0 Å². The van der Waals surface area contributed by atoms with Crippen LogP contribution in [0.3, 0.4) is 0 Å². The second-order valence-electron chi connectivity index (χ2n) is 3.82. The molecule has 0 radical (unpaired) electrons. The van der Waals surface area contributed by atoms with Crippen molar-refractivity contribution in [3.8, 4) is 0 Å². The van der Waals surface area contributed by atoms with Gasteiger partial charge < -0.3 is 11.1 Å². The topological polar surface area (TPSA) is 55.1 Å². The number of benzene rings is 2. The minimum absolute atomic E-state index is 0.166. The van der Waals surface area contributed by atoms with Crippen molar-refractivity contribution in [2.75, 3.05) is 11.1 Å². The van der Waals surface area contributed by atoms with E-state index in [1.54, 1.807) is 24.3 Å². The highest BCUT2D eigenvalue weighted by Crippen LogP contribution is 2.24. The highest BCUT2D eigenvalue weighted by Gasteiger charge is 2.13. The first kappa shape index (κ1) is 13.5. The maximum atomic E-state index is 13.5. The number of carbonyl (C=O) groups is 1. The molecule has 0 saturated heterocycles. The van der Waals surface area contributed by atoms with Crippen molar-refractivity contribution < 1.29 is 13.6 Å². The molecule has 6 heteroatoms. The fourth-order valence-electron chi connectivity index (χ4n) is 1.54. The fraction of sp³-hybridized carbons (Fsp3) is 0. The van der Waals surface area contributed by atoms with E-state index in [1.807, 2.05) is 0 Å². The van der Waals surface area contributed by atoms with Gasteiger partial charge in [-0.1, -0.05) is 22.0 Å². The highest BCUT2D eigenvalue weighted by molar-refractivity contribution is 9.10. The molecule has 3 N–H and O–H groups in total. The van der Waals surface area contributed by atoms with Crippen LogP contribution in [-0.4, -0.2) is 5.91 Å². The van der Waals surface area contributed by atoms with Gasteiger partial charge in [0, 0.05) is 16.1 Å². The molecule has 0 atom stereocenters. The zero-order valence-electron chi connectivity index (χ0n) is 9.58. The minimum Gasteiger partial charge on any atom is -0.397 e. The first-order valence-electron chi connectivity index (χ1n) is 5.29. The predicted molar refractivity (Wildman–Crippen MR) is 72.9 cm³/mol. The third kappa shape index (κ3) is 3.08. The molecule has 2 aromatic carbocycles. The molecule has 2 aromatic rings. The Hall–Kier alpha value is -1.95. The highest BCUT2D eigenvalue weighted by atomic mass is 79.9. The lowest BCUT2D eigenvalue weighted by molar-refractivity contribution is 0.102. The molecular weight excluding hydrogens is 318 g/mol. The zero-order valence-corrected chi connectivity index (χ0v) is 11.2. The van der Waals surface area contributed by atoms with E-state index in [1.165, 1.54) is 0 Å². The van der Waals surface area contributed by atoms with E-state index < -0.39 is 17.5 Å². The Labute approximate surface area is 116 Å². The van der Waals surface area contributed by atoms with Crippen LogP contribution in [0.1, 0.15) is 10.4 Å². The Kier molecular flexibility index (Phi) is 3.80. The summed E-state index contributed by atoms with van der Waals surface area (Å²) < 4.78 is 27.1. The fourth-order valence-corrected chi connectivity index (χ4v) is 1.94. The summed E-state index contributed by atoms with van der Waals surface area (Å²) in [6.45, 7) is 0. The average molecular weight is 327 g/mol. The molecule has 0 heterocycles. The largest absolute Gasteiger partial charge is 0.397 e. The molecule has 0 saturated carbocycles. The van der Waals surface area contributed by atoms with Crippen LogP contribution in [0.5, 0.6) is 0 Å². The van der Waals surface area contributed by atoms with Gasteiger partial charge in [0.25, 0.3) is 5.91 Å². The lowest BCUT2D eigenvalue weighted by atomic mass is 10.2.